The van der Waals surface area contributed by atoms with E-state index in [1.54, 1.807) is 0 Å². The number of pyridine rings is 1. The van der Waals surface area contributed by atoms with Gasteiger partial charge in [0.1, 0.15) is 11.4 Å². The van der Waals surface area contributed by atoms with Crippen molar-refractivity contribution in [1.82, 2.24) is 14.3 Å². The van der Waals surface area contributed by atoms with Crippen LogP contribution >= 0.6 is 0 Å². The highest BCUT2D eigenvalue weighted by Gasteiger charge is 2.09. The third-order valence-corrected chi connectivity index (χ3v) is 6.07. The van der Waals surface area contributed by atoms with Gasteiger partial charge in [-0.1, -0.05) is 48.9 Å². The fourth-order valence-corrected chi connectivity index (χ4v) is 4.31. The second-order valence-electron chi connectivity index (χ2n) is 8.30. The molecule has 0 radical (unpaired) electrons. The fraction of sp³-hybridized carbons (Fsp3) is 0.296. The summed E-state index contributed by atoms with van der Waals surface area (Å²) in [7, 11) is 0. The zero-order chi connectivity index (χ0) is 20.9. The summed E-state index contributed by atoms with van der Waals surface area (Å²) in [5.41, 5.74) is 5.48. The molecule has 1 fully saturated rings. The molecule has 0 unspecified atom stereocenters. The molecule has 4 heteroatoms. The van der Waals surface area contributed by atoms with E-state index in [9.17, 15) is 0 Å². The predicted molar refractivity (Wildman–Crippen MR) is 126 cm³/mol. The number of benzene rings is 2. The minimum absolute atomic E-state index is 0.781. The topological polar surface area (TPSA) is 29.8 Å². The number of aromatic nitrogens is 2. The van der Waals surface area contributed by atoms with Crippen LogP contribution in [0.25, 0.3) is 28.0 Å². The molecule has 31 heavy (non-hydrogen) atoms. The van der Waals surface area contributed by atoms with E-state index in [-0.39, 0.29) is 0 Å². The lowest BCUT2D eigenvalue weighted by atomic mass is 10.0. The molecule has 158 valence electrons. The van der Waals surface area contributed by atoms with Gasteiger partial charge in [0.15, 0.2) is 0 Å². The molecule has 0 amide bonds. The maximum absolute atomic E-state index is 5.96. The molecule has 4 nitrogen and oxygen atoms in total. The van der Waals surface area contributed by atoms with Crippen LogP contribution in [0.15, 0.2) is 79.1 Å². The Kier molecular flexibility index (Phi) is 5.99. The van der Waals surface area contributed by atoms with Crippen LogP contribution in [0.4, 0.5) is 0 Å². The average molecular weight is 412 g/mol. The second-order valence-corrected chi connectivity index (χ2v) is 8.30. The highest BCUT2D eigenvalue weighted by molar-refractivity contribution is 5.70. The number of hydrogen-bond donors (Lipinski definition) is 0. The van der Waals surface area contributed by atoms with E-state index in [1.165, 1.54) is 43.5 Å². The summed E-state index contributed by atoms with van der Waals surface area (Å²) in [6.45, 7) is 4.44. The monoisotopic (exact) mass is 411 g/mol. The third-order valence-electron chi connectivity index (χ3n) is 6.07. The van der Waals surface area contributed by atoms with Gasteiger partial charge in [0.05, 0.1) is 12.3 Å². The Morgan fingerprint density at radius 2 is 1.48 bits per heavy atom. The summed E-state index contributed by atoms with van der Waals surface area (Å²) in [5, 5.41) is 0. The molecule has 0 N–H and O–H groups in total. The van der Waals surface area contributed by atoms with Crippen molar-refractivity contribution >= 4 is 5.65 Å². The molecule has 1 saturated heterocycles. The van der Waals surface area contributed by atoms with Crippen LogP contribution in [0.1, 0.15) is 25.7 Å². The Bertz CT molecular complexity index is 1080. The molecule has 0 spiro atoms. The maximum Gasteiger partial charge on any atom is 0.137 e. The maximum atomic E-state index is 5.96. The van der Waals surface area contributed by atoms with Crippen molar-refractivity contribution in [1.29, 1.82) is 0 Å². The summed E-state index contributed by atoms with van der Waals surface area (Å²) >= 11 is 0. The van der Waals surface area contributed by atoms with Gasteiger partial charge in [0.2, 0.25) is 0 Å². The zero-order valence-electron chi connectivity index (χ0n) is 17.9. The molecule has 0 bridgehead atoms. The number of likely N-dealkylation sites (tertiary alicyclic amines) is 1. The van der Waals surface area contributed by atoms with E-state index in [1.807, 2.05) is 24.4 Å². The van der Waals surface area contributed by atoms with Crippen molar-refractivity contribution in [3.63, 3.8) is 0 Å². The van der Waals surface area contributed by atoms with Crippen molar-refractivity contribution in [2.75, 3.05) is 26.2 Å². The first-order valence-electron chi connectivity index (χ1n) is 11.3. The quantitative estimate of drug-likeness (QED) is 0.353. The number of hydrogen-bond acceptors (Lipinski definition) is 3. The van der Waals surface area contributed by atoms with Crippen LogP contribution in [0, 0.1) is 0 Å². The smallest absolute Gasteiger partial charge is 0.137 e. The molecule has 4 aromatic rings. The molecule has 2 aromatic heterocycles. The van der Waals surface area contributed by atoms with Crippen molar-refractivity contribution in [3.8, 4) is 28.1 Å². The van der Waals surface area contributed by atoms with Gasteiger partial charge in [-0.3, -0.25) is 0 Å². The standard InChI is InChI=1S/C27H29N3O/c1-3-16-29(17-4-1)18-6-20-31-25-14-12-23(13-15-25)22-8-10-24(11-9-22)26-21-30-19-5-2-7-27(30)28-26/h2,5,7-15,19,21H,1,3-4,6,16-18,20H2. The van der Waals surface area contributed by atoms with Crippen LogP contribution < -0.4 is 4.74 Å². The van der Waals surface area contributed by atoms with Crippen LogP contribution in [0.3, 0.4) is 0 Å². The Balaban J connectivity index is 1.17. The van der Waals surface area contributed by atoms with E-state index >= 15 is 0 Å². The van der Waals surface area contributed by atoms with Gasteiger partial charge in [0, 0.05) is 24.5 Å². The highest BCUT2D eigenvalue weighted by atomic mass is 16.5. The predicted octanol–water partition coefficient (Wildman–Crippen LogP) is 5.92. The average Bonchev–Trinajstić information content (AvgIpc) is 3.28. The summed E-state index contributed by atoms with van der Waals surface area (Å²) in [6, 6.07) is 23.1. The number of fused-ring (bicyclic) bond motifs is 1. The molecule has 2 aromatic carbocycles. The molecular weight excluding hydrogens is 382 g/mol. The molecule has 0 saturated carbocycles. The van der Waals surface area contributed by atoms with Crippen molar-refractivity contribution < 1.29 is 4.74 Å². The van der Waals surface area contributed by atoms with E-state index < -0.39 is 0 Å². The summed E-state index contributed by atoms with van der Waals surface area (Å²) < 4.78 is 8.01. The number of imidazole rings is 1. The van der Waals surface area contributed by atoms with Crippen LogP contribution in [0.2, 0.25) is 0 Å². The van der Waals surface area contributed by atoms with E-state index in [0.717, 1.165) is 42.2 Å². The fourth-order valence-electron chi connectivity index (χ4n) is 4.31. The molecule has 1 aliphatic heterocycles. The van der Waals surface area contributed by atoms with Crippen LogP contribution in [-0.2, 0) is 0 Å². The molecule has 3 heterocycles. The SMILES string of the molecule is c1ccn2cc(-c3ccc(-c4ccc(OCCCN5CCCCC5)cc4)cc3)nc2c1. The Morgan fingerprint density at radius 3 is 2.23 bits per heavy atom. The van der Waals surface area contributed by atoms with Gasteiger partial charge >= 0.3 is 0 Å². The lowest BCUT2D eigenvalue weighted by Crippen LogP contribution is -2.31. The van der Waals surface area contributed by atoms with E-state index in [2.05, 4.69) is 64.0 Å². The number of rotatable bonds is 7. The molecule has 0 aliphatic carbocycles. The third kappa shape index (κ3) is 4.80. The Hall–Kier alpha value is -3.11. The van der Waals surface area contributed by atoms with Gasteiger partial charge in [-0.15, -0.1) is 0 Å². The molecule has 0 atom stereocenters. The molecule has 5 rings (SSSR count). The number of ether oxygens (including phenoxy) is 1. The minimum atomic E-state index is 0.781. The van der Waals surface area contributed by atoms with Gasteiger partial charge < -0.3 is 14.0 Å². The number of piperidine rings is 1. The van der Waals surface area contributed by atoms with Crippen molar-refractivity contribution in [3.05, 3.63) is 79.1 Å². The van der Waals surface area contributed by atoms with Crippen molar-refractivity contribution in [2.45, 2.75) is 25.7 Å². The summed E-state index contributed by atoms with van der Waals surface area (Å²) in [6.07, 6.45) is 9.28. The van der Waals surface area contributed by atoms with Gasteiger partial charge in [-0.2, -0.15) is 0 Å². The first-order chi connectivity index (χ1) is 15.3. The normalized spacial score (nSPS) is 14.7. The zero-order valence-corrected chi connectivity index (χ0v) is 17.9. The van der Waals surface area contributed by atoms with Gasteiger partial charge in [-0.25, -0.2) is 4.98 Å². The first-order valence-corrected chi connectivity index (χ1v) is 11.3. The summed E-state index contributed by atoms with van der Waals surface area (Å²) in [4.78, 5) is 7.27. The van der Waals surface area contributed by atoms with Crippen molar-refractivity contribution in [2.24, 2.45) is 0 Å². The molecular formula is C27H29N3O. The van der Waals surface area contributed by atoms with Gasteiger partial charge in [-0.05, 0) is 67.7 Å². The highest BCUT2D eigenvalue weighted by Crippen LogP contribution is 2.26. The Labute approximate surface area is 184 Å². The largest absolute Gasteiger partial charge is 0.494 e. The Morgan fingerprint density at radius 1 is 0.774 bits per heavy atom. The minimum Gasteiger partial charge on any atom is -0.494 e. The van der Waals surface area contributed by atoms with Gasteiger partial charge in [0.25, 0.3) is 0 Å². The first kappa shape index (κ1) is 19.8. The lowest BCUT2D eigenvalue weighted by molar-refractivity contribution is 0.205. The summed E-state index contributed by atoms with van der Waals surface area (Å²) in [5.74, 6) is 0.948. The second kappa shape index (κ2) is 9.36. The lowest BCUT2D eigenvalue weighted by Gasteiger charge is -2.26. The molecule has 1 aliphatic rings. The number of nitrogens with zero attached hydrogens (tertiary/aromatic N) is 3. The van der Waals surface area contributed by atoms with E-state index in [4.69, 9.17) is 9.72 Å². The van der Waals surface area contributed by atoms with E-state index in [0.29, 0.717) is 0 Å². The van der Waals surface area contributed by atoms with Crippen LogP contribution in [-0.4, -0.2) is 40.5 Å². The van der Waals surface area contributed by atoms with Crippen LogP contribution in [0.5, 0.6) is 5.75 Å².